The summed E-state index contributed by atoms with van der Waals surface area (Å²) in [4.78, 5) is 14.6. The number of rotatable bonds is 5. The molecular formula is C18H26N6O3. The molecule has 0 aliphatic carbocycles. The van der Waals surface area contributed by atoms with Crippen molar-refractivity contribution in [3.63, 3.8) is 0 Å². The van der Waals surface area contributed by atoms with Crippen LogP contribution in [0, 0.1) is 5.41 Å². The van der Waals surface area contributed by atoms with Gasteiger partial charge in [-0.1, -0.05) is 0 Å². The highest BCUT2D eigenvalue weighted by Gasteiger charge is 2.22. The molecule has 2 aromatic rings. The van der Waals surface area contributed by atoms with E-state index in [2.05, 4.69) is 15.0 Å². The monoisotopic (exact) mass is 374 g/mol. The van der Waals surface area contributed by atoms with Crippen molar-refractivity contribution in [2.24, 2.45) is 0 Å². The zero-order valence-corrected chi connectivity index (χ0v) is 15.8. The van der Waals surface area contributed by atoms with Crippen molar-refractivity contribution < 1.29 is 14.9 Å². The lowest BCUT2D eigenvalue weighted by molar-refractivity contribution is 0.198. The van der Waals surface area contributed by atoms with Crippen LogP contribution in [0.25, 0.3) is 0 Å². The molecule has 5 N–H and O–H groups in total. The summed E-state index contributed by atoms with van der Waals surface area (Å²) in [5.74, 6) is 1.11. The Morgan fingerprint density at radius 2 is 2.04 bits per heavy atom. The predicted molar refractivity (Wildman–Crippen MR) is 103 cm³/mol. The predicted octanol–water partition coefficient (Wildman–Crippen LogP) is 0.837. The van der Waals surface area contributed by atoms with Crippen LogP contribution in [0.15, 0.2) is 24.7 Å². The number of aliphatic hydroxyl groups is 2. The van der Waals surface area contributed by atoms with Gasteiger partial charge >= 0.3 is 0 Å². The van der Waals surface area contributed by atoms with Crippen molar-refractivity contribution >= 4 is 17.2 Å². The Balaban J connectivity index is 0.00000126. The molecule has 3 rings (SSSR count). The second kappa shape index (κ2) is 9.24. The van der Waals surface area contributed by atoms with Gasteiger partial charge in [-0.15, -0.1) is 0 Å². The van der Waals surface area contributed by atoms with Crippen molar-refractivity contribution in [1.29, 1.82) is 5.41 Å². The first-order chi connectivity index (χ1) is 12.9. The van der Waals surface area contributed by atoms with Gasteiger partial charge in [0.25, 0.3) is 0 Å². The number of nitrogens with one attached hydrogen (secondary N) is 1. The van der Waals surface area contributed by atoms with Gasteiger partial charge in [-0.3, -0.25) is 5.41 Å². The lowest BCUT2D eigenvalue weighted by Crippen LogP contribution is -2.23. The molecule has 9 heteroatoms. The molecule has 2 aromatic heterocycles. The zero-order valence-electron chi connectivity index (χ0n) is 15.8. The second-order valence-corrected chi connectivity index (χ2v) is 6.30. The van der Waals surface area contributed by atoms with Crippen LogP contribution in [0.5, 0.6) is 5.88 Å². The minimum absolute atomic E-state index is 0.0228. The molecule has 0 spiro atoms. The molecule has 0 aromatic carbocycles. The van der Waals surface area contributed by atoms with Crippen LogP contribution in [-0.2, 0) is 0 Å². The number of pyridine rings is 1. The van der Waals surface area contributed by atoms with Gasteiger partial charge in [-0.25, -0.2) is 15.0 Å². The van der Waals surface area contributed by atoms with Crippen LogP contribution in [0.1, 0.15) is 31.5 Å². The van der Waals surface area contributed by atoms with Crippen LogP contribution < -0.4 is 15.4 Å². The van der Waals surface area contributed by atoms with Gasteiger partial charge in [-0.2, -0.15) is 0 Å². The number of aromatic nitrogens is 3. The average Bonchev–Trinajstić information content (AvgIpc) is 3.10. The Morgan fingerprint density at radius 3 is 2.67 bits per heavy atom. The molecule has 9 nitrogen and oxygen atoms in total. The van der Waals surface area contributed by atoms with Gasteiger partial charge in [0.1, 0.15) is 12.1 Å². The molecule has 27 heavy (non-hydrogen) atoms. The normalized spacial score (nSPS) is 16.1. The first-order valence-electron chi connectivity index (χ1n) is 8.65. The van der Waals surface area contributed by atoms with E-state index in [1.165, 1.54) is 12.5 Å². The highest BCUT2D eigenvalue weighted by Crippen LogP contribution is 2.23. The van der Waals surface area contributed by atoms with Crippen LogP contribution in [-0.4, -0.2) is 63.3 Å². The molecule has 3 heterocycles. The molecule has 1 aliphatic rings. The van der Waals surface area contributed by atoms with Gasteiger partial charge < -0.3 is 25.6 Å². The largest absolute Gasteiger partial charge is 0.475 e. The molecule has 0 saturated carbocycles. The van der Waals surface area contributed by atoms with Crippen molar-refractivity contribution in [3.05, 3.63) is 35.9 Å². The number of nitrogens with zero attached hydrogens (tertiary/aromatic N) is 4. The van der Waals surface area contributed by atoms with E-state index >= 15 is 0 Å². The van der Waals surface area contributed by atoms with Crippen LogP contribution >= 0.6 is 0 Å². The smallest absolute Gasteiger partial charge is 0.214 e. The summed E-state index contributed by atoms with van der Waals surface area (Å²) >= 11 is 0. The van der Waals surface area contributed by atoms with Crippen molar-refractivity contribution in [2.75, 3.05) is 30.8 Å². The fourth-order valence-electron chi connectivity index (χ4n) is 2.71. The highest BCUT2D eigenvalue weighted by molar-refractivity contribution is 6.13. The number of aliphatic hydroxyl groups excluding tert-OH is 2. The Labute approximate surface area is 158 Å². The lowest BCUT2D eigenvalue weighted by atomic mass is 10.1. The Kier molecular flexibility index (Phi) is 7.03. The summed E-state index contributed by atoms with van der Waals surface area (Å²) in [6.45, 7) is 5.08. The summed E-state index contributed by atoms with van der Waals surface area (Å²) in [5, 5.41) is 25.2. The minimum Gasteiger partial charge on any atom is -0.475 e. The fourth-order valence-corrected chi connectivity index (χ4v) is 2.71. The topological polar surface area (TPSA) is 141 Å². The van der Waals surface area contributed by atoms with E-state index in [1.54, 1.807) is 12.1 Å². The van der Waals surface area contributed by atoms with Crippen molar-refractivity contribution in [3.8, 4) is 5.88 Å². The maximum Gasteiger partial charge on any atom is 0.214 e. The first-order valence-corrected chi connectivity index (χ1v) is 8.65. The summed E-state index contributed by atoms with van der Waals surface area (Å²) in [6.07, 6.45) is 3.26. The summed E-state index contributed by atoms with van der Waals surface area (Å²) in [6, 6.07) is 3.39. The zero-order chi connectivity index (χ0) is 20.0. The molecule has 146 valence electrons. The van der Waals surface area contributed by atoms with Gasteiger partial charge in [0.15, 0.2) is 0 Å². The Hall–Kier alpha value is -2.78. The molecule has 0 amide bonds. The van der Waals surface area contributed by atoms with E-state index in [0.717, 1.165) is 13.7 Å². The molecule has 0 radical (unpaired) electrons. The molecule has 1 aliphatic heterocycles. The maximum atomic E-state index is 9.69. The van der Waals surface area contributed by atoms with Crippen LogP contribution in [0.3, 0.4) is 0 Å². The van der Waals surface area contributed by atoms with Gasteiger partial charge in [0.05, 0.1) is 35.5 Å². The van der Waals surface area contributed by atoms with E-state index in [4.69, 9.17) is 21.0 Å². The van der Waals surface area contributed by atoms with E-state index in [1.807, 2.05) is 18.7 Å². The third-order valence-corrected chi connectivity index (χ3v) is 3.93. The molecule has 1 atom stereocenters. The SMILES string of the molecule is CC(C)Oc1cc(C(=N)c2cc(N3CCC(O)C3)ncn2)c(N)cn1.CO. The molecule has 0 bridgehead atoms. The van der Waals surface area contributed by atoms with Crippen molar-refractivity contribution in [2.45, 2.75) is 32.5 Å². The standard InChI is InChI=1S/C17H22N6O2.CH4O/c1-10(2)25-16-5-12(13(18)7-20-16)17(19)14-6-15(22-9-21-14)23-4-3-11(24)8-23;1-2/h5-7,9-11,19,24H,3-4,8,18H2,1-2H3;2H,1H3. The Bertz CT molecular complexity index is 783. The maximum absolute atomic E-state index is 9.69. The molecule has 1 unspecified atom stereocenters. The lowest BCUT2D eigenvalue weighted by Gasteiger charge is -2.17. The number of nitrogens with two attached hydrogens (primary N) is 1. The summed E-state index contributed by atoms with van der Waals surface area (Å²) in [7, 11) is 1.00. The van der Waals surface area contributed by atoms with E-state index in [9.17, 15) is 5.11 Å². The highest BCUT2D eigenvalue weighted by atomic mass is 16.5. The Morgan fingerprint density at radius 1 is 1.30 bits per heavy atom. The first kappa shape index (κ1) is 20.5. The number of nitrogen functional groups attached to an aromatic ring is 1. The van der Waals surface area contributed by atoms with Crippen molar-refractivity contribution in [1.82, 2.24) is 15.0 Å². The number of anilines is 2. The minimum atomic E-state index is -0.343. The second-order valence-electron chi connectivity index (χ2n) is 6.30. The number of ether oxygens (including phenoxy) is 1. The van der Waals surface area contributed by atoms with Gasteiger partial charge in [0, 0.05) is 37.9 Å². The van der Waals surface area contributed by atoms with E-state index < -0.39 is 0 Å². The summed E-state index contributed by atoms with van der Waals surface area (Å²) < 4.78 is 5.58. The van der Waals surface area contributed by atoms with Gasteiger partial charge in [-0.05, 0) is 20.3 Å². The molecular weight excluding hydrogens is 348 g/mol. The average molecular weight is 374 g/mol. The molecule has 1 saturated heterocycles. The van der Waals surface area contributed by atoms with Gasteiger partial charge in [0.2, 0.25) is 5.88 Å². The molecule has 1 fully saturated rings. The number of β-amino-alcohol motifs (C(OH)–C–C–N with tert-alkyl or cyclic N) is 1. The van der Waals surface area contributed by atoms with Crippen LogP contribution in [0.2, 0.25) is 0 Å². The third-order valence-electron chi connectivity index (χ3n) is 3.93. The number of hydrogen-bond acceptors (Lipinski definition) is 9. The van der Waals surface area contributed by atoms with Crippen LogP contribution in [0.4, 0.5) is 11.5 Å². The quantitative estimate of drug-likeness (QED) is 0.564. The fraction of sp³-hybridized carbons (Fsp3) is 0.444. The summed E-state index contributed by atoms with van der Waals surface area (Å²) in [5.41, 5.74) is 7.52. The van der Waals surface area contributed by atoms with E-state index in [-0.39, 0.29) is 17.9 Å². The van der Waals surface area contributed by atoms with E-state index in [0.29, 0.717) is 41.6 Å². The number of hydrogen-bond donors (Lipinski definition) is 4. The third kappa shape index (κ3) is 5.11.